The Bertz CT molecular complexity index is 475. The van der Waals surface area contributed by atoms with Crippen LogP contribution in [0.3, 0.4) is 0 Å². The Kier molecular flexibility index (Phi) is 9.42. The fourth-order valence-corrected chi connectivity index (χ4v) is 3.82. The summed E-state index contributed by atoms with van der Waals surface area (Å²) in [7, 11) is 0. The molecule has 26 heavy (non-hydrogen) atoms. The molecule has 2 rings (SSSR count). The molecule has 0 radical (unpaired) electrons. The summed E-state index contributed by atoms with van der Waals surface area (Å²) in [5.74, 6) is 1.22. The lowest BCUT2D eigenvalue weighted by Gasteiger charge is -2.36. The number of carbonyl (C=O) groups is 3. The monoisotopic (exact) mass is 385 g/mol. The SMILES string of the molecule is CC(=O)SCCCCCC(=O)N1CCN(CC(=O)N2CCOCC2)CC1. The molecule has 2 fully saturated rings. The molecular weight excluding hydrogens is 354 g/mol. The molecule has 148 valence electrons. The van der Waals surface area contributed by atoms with E-state index in [0.717, 1.165) is 38.1 Å². The molecule has 0 N–H and O–H groups in total. The first-order valence-electron chi connectivity index (χ1n) is 9.55. The van der Waals surface area contributed by atoms with Gasteiger partial charge in [-0.05, 0) is 12.8 Å². The van der Waals surface area contributed by atoms with Gasteiger partial charge in [0.25, 0.3) is 0 Å². The average molecular weight is 386 g/mol. The molecule has 0 unspecified atom stereocenters. The first-order chi connectivity index (χ1) is 12.6. The molecule has 8 heteroatoms. The second-order valence-corrected chi connectivity index (χ2v) is 8.07. The lowest BCUT2D eigenvalue weighted by molar-refractivity contribution is -0.138. The van der Waals surface area contributed by atoms with Crippen LogP contribution in [0.15, 0.2) is 0 Å². The quantitative estimate of drug-likeness (QED) is 0.577. The van der Waals surface area contributed by atoms with Gasteiger partial charge in [-0.15, -0.1) is 0 Å². The van der Waals surface area contributed by atoms with Crippen molar-refractivity contribution in [3.05, 3.63) is 0 Å². The van der Waals surface area contributed by atoms with E-state index in [1.54, 1.807) is 6.92 Å². The highest BCUT2D eigenvalue weighted by Gasteiger charge is 2.24. The number of unbranched alkanes of at least 4 members (excludes halogenated alkanes) is 2. The van der Waals surface area contributed by atoms with Crippen LogP contribution < -0.4 is 0 Å². The molecule has 0 aliphatic carbocycles. The largest absolute Gasteiger partial charge is 0.378 e. The Hall–Kier alpha value is -1.12. The number of carbonyl (C=O) groups excluding carboxylic acids is 3. The highest BCUT2D eigenvalue weighted by Crippen LogP contribution is 2.11. The molecular formula is C18H31N3O4S. The summed E-state index contributed by atoms with van der Waals surface area (Å²) < 4.78 is 5.28. The predicted octanol–water partition coefficient (Wildman–Crippen LogP) is 0.830. The molecule has 2 heterocycles. The van der Waals surface area contributed by atoms with Crippen LogP contribution in [0.25, 0.3) is 0 Å². The van der Waals surface area contributed by atoms with E-state index < -0.39 is 0 Å². The van der Waals surface area contributed by atoms with Gasteiger partial charge in [0.15, 0.2) is 5.12 Å². The van der Waals surface area contributed by atoms with Gasteiger partial charge in [0.1, 0.15) is 0 Å². The lowest BCUT2D eigenvalue weighted by atomic mass is 10.2. The van der Waals surface area contributed by atoms with Gasteiger partial charge in [-0.3, -0.25) is 19.3 Å². The zero-order chi connectivity index (χ0) is 18.8. The maximum absolute atomic E-state index is 12.3. The van der Waals surface area contributed by atoms with Crippen molar-refractivity contribution in [2.24, 2.45) is 0 Å². The van der Waals surface area contributed by atoms with E-state index in [0.29, 0.717) is 52.4 Å². The van der Waals surface area contributed by atoms with Crippen LogP contribution >= 0.6 is 11.8 Å². The van der Waals surface area contributed by atoms with Crippen LogP contribution in [0.2, 0.25) is 0 Å². The van der Waals surface area contributed by atoms with Crippen LogP contribution in [0.1, 0.15) is 32.6 Å². The van der Waals surface area contributed by atoms with E-state index in [1.165, 1.54) is 11.8 Å². The van der Waals surface area contributed by atoms with Crippen molar-refractivity contribution in [3.63, 3.8) is 0 Å². The van der Waals surface area contributed by atoms with Crippen LogP contribution in [-0.4, -0.2) is 96.4 Å². The van der Waals surface area contributed by atoms with E-state index in [9.17, 15) is 14.4 Å². The Morgan fingerprint density at radius 2 is 1.50 bits per heavy atom. The summed E-state index contributed by atoms with van der Waals surface area (Å²) in [4.78, 5) is 41.3. The topological polar surface area (TPSA) is 70.2 Å². The van der Waals surface area contributed by atoms with Gasteiger partial charge in [0.2, 0.25) is 11.8 Å². The van der Waals surface area contributed by atoms with E-state index in [1.807, 2.05) is 9.80 Å². The van der Waals surface area contributed by atoms with Crippen molar-refractivity contribution in [3.8, 4) is 0 Å². The third kappa shape index (κ3) is 7.63. The number of thioether (sulfide) groups is 1. The molecule has 0 aromatic rings. The number of hydrogen-bond donors (Lipinski definition) is 0. The van der Waals surface area contributed by atoms with Gasteiger partial charge in [-0.2, -0.15) is 0 Å². The van der Waals surface area contributed by atoms with Gasteiger partial charge in [-0.25, -0.2) is 0 Å². The molecule has 0 aromatic heterocycles. The number of piperazine rings is 1. The molecule has 2 saturated heterocycles. The lowest BCUT2D eigenvalue weighted by Crippen LogP contribution is -2.52. The normalized spacial score (nSPS) is 18.8. The van der Waals surface area contributed by atoms with Crippen molar-refractivity contribution in [1.29, 1.82) is 0 Å². The van der Waals surface area contributed by atoms with Crippen LogP contribution in [-0.2, 0) is 19.1 Å². The summed E-state index contributed by atoms with van der Waals surface area (Å²) >= 11 is 1.36. The van der Waals surface area contributed by atoms with Crippen molar-refractivity contribution >= 4 is 28.7 Å². The smallest absolute Gasteiger partial charge is 0.236 e. The highest BCUT2D eigenvalue weighted by molar-refractivity contribution is 8.13. The van der Waals surface area contributed by atoms with E-state index in [4.69, 9.17) is 4.74 Å². The minimum Gasteiger partial charge on any atom is -0.378 e. The van der Waals surface area contributed by atoms with Crippen molar-refractivity contribution < 1.29 is 19.1 Å². The molecule has 0 spiro atoms. The first kappa shape index (κ1) is 21.2. The zero-order valence-corrected chi connectivity index (χ0v) is 16.6. The molecule has 2 aliphatic heterocycles. The van der Waals surface area contributed by atoms with E-state index in [2.05, 4.69) is 4.90 Å². The highest BCUT2D eigenvalue weighted by atomic mass is 32.2. The molecule has 2 amide bonds. The number of ether oxygens (including phenoxy) is 1. The summed E-state index contributed by atoms with van der Waals surface area (Å²) in [6, 6.07) is 0. The Morgan fingerprint density at radius 1 is 0.846 bits per heavy atom. The number of rotatable bonds is 8. The summed E-state index contributed by atoms with van der Waals surface area (Å²) in [6.45, 7) is 7.57. The van der Waals surface area contributed by atoms with Gasteiger partial charge in [0.05, 0.1) is 19.8 Å². The zero-order valence-electron chi connectivity index (χ0n) is 15.8. The molecule has 0 saturated carbocycles. The van der Waals surface area contributed by atoms with Crippen LogP contribution in [0.4, 0.5) is 0 Å². The van der Waals surface area contributed by atoms with Crippen molar-refractivity contribution in [1.82, 2.24) is 14.7 Å². The fraction of sp³-hybridized carbons (Fsp3) is 0.833. The van der Waals surface area contributed by atoms with Crippen molar-refractivity contribution in [2.75, 3.05) is 64.8 Å². The number of nitrogens with zero attached hydrogens (tertiary/aromatic N) is 3. The molecule has 0 bridgehead atoms. The Labute approximate surface area is 160 Å². The molecule has 0 aromatic carbocycles. The van der Waals surface area contributed by atoms with Gasteiger partial charge in [0, 0.05) is 58.4 Å². The van der Waals surface area contributed by atoms with E-state index in [-0.39, 0.29) is 16.9 Å². The van der Waals surface area contributed by atoms with Gasteiger partial charge >= 0.3 is 0 Å². The fourth-order valence-electron chi connectivity index (χ4n) is 3.19. The first-order valence-corrected chi connectivity index (χ1v) is 10.5. The summed E-state index contributed by atoms with van der Waals surface area (Å²) in [5.41, 5.74) is 0. The molecule has 7 nitrogen and oxygen atoms in total. The molecule has 2 aliphatic rings. The van der Waals surface area contributed by atoms with Crippen LogP contribution in [0.5, 0.6) is 0 Å². The second-order valence-electron chi connectivity index (χ2n) is 6.80. The van der Waals surface area contributed by atoms with Crippen molar-refractivity contribution in [2.45, 2.75) is 32.6 Å². The second kappa shape index (κ2) is 11.6. The molecule has 0 atom stereocenters. The minimum absolute atomic E-state index is 0.158. The third-order valence-electron chi connectivity index (χ3n) is 4.79. The van der Waals surface area contributed by atoms with Gasteiger partial charge < -0.3 is 14.5 Å². The van der Waals surface area contributed by atoms with Crippen LogP contribution in [0, 0.1) is 0 Å². The summed E-state index contributed by atoms with van der Waals surface area (Å²) in [5, 5.41) is 0.158. The standard InChI is InChI=1S/C18H31N3O4S/c1-16(22)26-14-4-2-3-5-17(23)20-8-6-19(7-9-20)15-18(24)21-10-12-25-13-11-21/h2-15H2,1H3. The maximum atomic E-state index is 12.3. The maximum Gasteiger partial charge on any atom is 0.236 e. The van der Waals surface area contributed by atoms with E-state index >= 15 is 0 Å². The number of hydrogen-bond acceptors (Lipinski definition) is 6. The Balaban J connectivity index is 1.56. The minimum atomic E-state index is 0.158. The third-order valence-corrected chi connectivity index (χ3v) is 5.69. The summed E-state index contributed by atoms with van der Waals surface area (Å²) in [6.07, 6.45) is 3.43. The average Bonchev–Trinajstić information content (AvgIpc) is 2.65. The Morgan fingerprint density at radius 3 is 2.15 bits per heavy atom. The predicted molar refractivity (Wildman–Crippen MR) is 102 cm³/mol. The number of amides is 2. The number of morpholine rings is 1. The van der Waals surface area contributed by atoms with Gasteiger partial charge in [-0.1, -0.05) is 18.2 Å².